The van der Waals surface area contributed by atoms with Gasteiger partial charge in [0.1, 0.15) is 0 Å². The van der Waals surface area contributed by atoms with Crippen LogP contribution >= 0.6 is 23.2 Å². The largest absolute Gasteiger partial charge is 0.462 e. The number of halogens is 2. The van der Waals surface area contributed by atoms with Gasteiger partial charge in [0, 0.05) is 38.0 Å². The van der Waals surface area contributed by atoms with Gasteiger partial charge in [-0.15, -0.1) is 0 Å². The molecule has 0 amide bonds. The van der Waals surface area contributed by atoms with Gasteiger partial charge in [0.2, 0.25) is 0 Å². The monoisotopic (exact) mass is 831 g/mol. The van der Waals surface area contributed by atoms with Gasteiger partial charge >= 0.3 is 11.9 Å². The quantitative estimate of drug-likeness (QED) is 0.0926. The first-order valence-electron chi connectivity index (χ1n) is 20.2. The Balaban J connectivity index is 1.42. The fraction of sp³-hybridized carbons (Fsp3) is 0.170. The van der Waals surface area contributed by atoms with Gasteiger partial charge in [-0.3, -0.25) is 0 Å². The molecule has 0 saturated carbocycles. The minimum atomic E-state index is -0.554. The highest BCUT2D eigenvalue weighted by atomic mass is 35.5. The molecule has 0 atom stereocenters. The summed E-state index contributed by atoms with van der Waals surface area (Å²) in [6.07, 6.45) is 16.5. The predicted octanol–water partition coefficient (Wildman–Crippen LogP) is 13.9. The molecule has 0 heterocycles. The van der Waals surface area contributed by atoms with Gasteiger partial charge in [0.25, 0.3) is 0 Å². The maximum Gasteiger partial charge on any atom is 0.338 e. The van der Waals surface area contributed by atoms with Gasteiger partial charge in [-0.2, -0.15) is 0 Å². The van der Waals surface area contributed by atoms with E-state index in [4.69, 9.17) is 32.7 Å². The normalized spacial score (nSPS) is 15.1. The number of fused-ring (bicyclic) bond motifs is 1. The molecule has 0 unspecified atom stereocenters. The van der Waals surface area contributed by atoms with E-state index in [1.54, 1.807) is 44.2 Å². The minimum absolute atomic E-state index is 0.159. The van der Waals surface area contributed by atoms with Gasteiger partial charge < -0.3 is 14.4 Å². The number of hydrogen-bond donors (Lipinski definition) is 0. The van der Waals surface area contributed by atoms with E-state index in [1.807, 2.05) is 36.4 Å². The molecular formula is C53H47Cl2NO4. The molecule has 5 aromatic rings. The van der Waals surface area contributed by atoms with Gasteiger partial charge in [0.05, 0.1) is 30.0 Å². The van der Waals surface area contributed by atoms with Crippen molar-refractivity contribution in [3.8, 4) is 22.3 Å². The number of rotatable bonds is 12. The molecule has 0 spiro atoms. The summed E-state index contributed by atoms with van der Waals surface area (Å²) in [5.41, 5.74) is 11.4. The predicted molar refractivity (Wildman–Crippen MR) is 248 cm³/mol. The van der Waals surface area contributed by atoms with Crippen LogP contribution in [0.1, 0.15) is 71.5 Å². The van der Waals surface area contributed by atoms with Crippen LogP contribution in [0.5, 0.6) is 0 Å². The fourth-order valence-electron chi connectivity index (χ4n) is 8.03. The molecule has 0 radical (unpaired) electrons. The summed E-state index contributed by atoms with van der Waals surface area (Å²) >= 11 is 13.1. The second-order valence-electron chi connectivity index (χ2n) is 15.0. The Morgan fingerprint density at radius 3 is 2.13 bits per heavy atom. The van der Waals surface area contributed by atoms with Crippen molar-refractivity contribution in [3.05, 3.63) is 213 Å². The van der Waals surface area contributed by atoms with Gasteiger partial charge in [-0.05, 0) is 115 Å². The highest BCUT2D eigenvalue weighted by Gasteiger charge is 2.35. The molecule has 0 bridgehead atoms. The van der Waals surface area contributed by atoms with E-state index in [0.717, 1.165) is 41.1 Å². The van der Waals surface area contributed by atoms with Crippen LogP contribution in [0.3, 0.4) is 0 Å². The first kappa shape index (κ1) is 42.0. The third-order valence-electron chi connectivity index (χ3n) is 11.0. The maximum absolute atomic E-state index is 13.8. The molecule has 60 heavy (non-hydrogen) atoms. The Kier molecular flexibility index (Phi) is 12.9. The summed E-state index contributed by atoms with van der Waals surface area (Å²) < 4.78 is 11.1. The molecule has 2 aliphatic rings. The van der Waals surface area contributed by atoms with Gasteiger partial charge in [-0.25, -0.2) is 9.59 Å². The van der Waals surface area contributed by atoms with Gasteiger partial charge in [-0.1, -0.05) is 146 Å². The van der Waals surface area contributed by atoms with Crippen LogP contribution in [0.15, 0.2) is 175 Å². The van der Waals surface area contributed by atoms with E-state index in [-0.39, 0.29) is 29.8 Å². The zero-order valence-corrected chi connectivity index (χ0v) is 35.8. The Morgan fingerprint density at radius 1 is 0.783 bits per heavy atom. The molecule has 302 valence electrons. The Bertz CT molecular complexity index is 2610. The molecule has 0 aliphatic heterocycles. The highest BCUT2D eigenvalue weighted by molar-refractivity contribution is 6.35. The fourth-order valence-corrected chi connectivity index (χ4v) is 8.42. The van der Waals surface area contributed by atoms with Crippen molar-refractivity contribution < 1.29 is 19.1 Å². The molecule has 7 rings (SSSR count). The third-order valence-corrected chi connectivity index (χ3v) is 11.6. The van der Waals surface area contributed by atoms with Gasteiger partial charge in [0.15, 0.2) is 0 Å². The number of carbonyl (C=O) groups is 2. The first-order chi connectivity index (χ1) is 29.0. The van der Waals surface area contributed by atoms with Crippen LogP contribution < -0.4 is 4.90 Å². The van der Waals surface area contributed by atoms with Crippen molar-refractivity contribution in [1.29, 1.82) is 0 Å². The second-order valence-corrected chi connectivity index (χ2v) is 15.9. The summed E-state index contributed by atoms with van der Waals surface area (Å²) in [7, 11) is 0. The van der Waals surface area contributed by atoms with Crippen molar-refractivity contribution in [2.75, 3.05) is 18.1 Å². The smallest absolute Gasteiger partial charge is 0.338 e. The molecular weight excluding hydrogens is 785 g/mol. The van der Waals surface area contributed by atoms with Crippen molar-refractivity contribution in [1.82, 2.24) is 0 Å². The average molecular weight is 833 g/mol. The van der Waals surface area contributed by atoms with Crippen LogP contribution in [0.2, 0.25) is 10.0 Å². The maximum atomic E-state index is 13.8. The summed E-state index contributed by atoms with van der Waals surface area (Å²) in [5.74, 6) is -1.09. The Morgan fingerprint density at radius 2 is 1.45 bits per heavy atom. The van der Waals surface area contributed by atoms with Crippen LogP contribution in [0.4, 0.5) is 5.69 Å². The summed E-state index contributed by atoms with van der Waals surface area (Å²) in [6, 6.07) is 35.4. The zero-order valence-electron chi connectivity index (χ0n) is 34.3. The van der Waals surface area contributed by atoms with Crippen LogP contribution in [-0.2, 0) is 21.3 Å². The number of carbonyl (C=O) groups excluding carboxylic acids is 2. The molecule has 7 heteroatoms. The minimum Gasteiger partial charge on any atom is -0.462 e. The van der Waals surface area contributed by atoms with Crippen LogP contribution in [0.25, 0.3) is 27.8 Å². The second kappa shape index (κ2) is 18.4. The van der Waals surface area contributed by atoms with E-state index < -0.39 is 11.9 Å². The van der Waals surface area contributed by atoms with Crippen molar-refractivity contribution in [3.63, 3.8) is 0 Å². The molecule has 0 N–H and O–H groups in total. The lowest BCUT2D eigenvalue weighted by atomic mass is 9.82. The van der Waals surface area contributed by atoms with E-state index in [0.29, 0.717) is 32.3 Å². The number of hydrogen-bond acceptors (Lipinski definition) is 5. The molecule has 0 saturated heterocycles. The van der Waals surface area contributed by atoms with E-state index in [9.17, 15) is 9.59 Å². The topological polar surface area (TPSA) is 55.8 Å². The lowest BCUT2D eigenvalue weighted by molar-refractivity contribution is 0.0513. The molecule has 0 fully saturated rings. The van der Waals surface area contributed by atoms with E-state index in [2.05, 4.69) is 110 Å². The average Bonchev–Trinajstić information content (AvgIpc) is 3.36. The Hall–Kier alpha value is -6.14. The summed E-state index contributed by atoms with van der Waals surface area (Å²) in [4.78, 5) is 29.7. The first-order valence-corrected chi connectivity index (χ1v) is 20.9. The van der Waals surface area contributed by atoms with E-state index in [1.165, 1.54) is 16.7 Å². The lowest BCUT2D eigenvalue weighted by Crippen LogP contribution is -2.24. The van der Waals surface area contributed by atoms with E-state index >= 15 is 0 Å². The number of anilines is 1. The number of allylic oxidation sites excluding steroid dienone is 9. The summed E-state index contributed by atoms with van der Waals surface area (Å²) in [6.45, 7) is 12.6. The van der Waals surface area contributed by atoms with Crippen molar-refractivity contribution in [2.24, 2.45) is 0 Å². The lowest BCUT2D eigenvalue weighted by Gasteiger charge is -2.32. The SMILES string of the molecule is C=C/C=C(\C=C1/Cc2ccccc2C1(C)C)N(C1=CCC=CC=C1c1ccccc1)c1ccc(-c2cc(C(=O)OCC)c(-c3cc(Cl)ccc3Cl)cc2C(=O)OCC)cc1. The molecule has 5 aromatic carbocycles. The molecule has 0 aromatic heterocycles. The molecule has 5 nitrogen and oxygen atoms in total. The zero-order chi connectivity index (χ0) is 42.4. The van der Waals surface area contributed by atoms with Crippen molar-refractivity contribution >= 4 is 46.4 Å². The molecule has 2 aliphatic carbocycles. The Labute approximate surface area is 363 Å². The van der Waals surface area contributed by atoms with Crippen LogP contribution in [-0.4, -0.2) is 25.2 Å². The number of benzene rings is 5. The van der Waals surface area contributed by atoms with Crippen LogP contribution in [0, 0.1) is 0 Å². The third kappa shape index (κ3) is 8.60. The number of esters is 2. The highest BCUT2D eigenvalue weighted by Crippen LogP contribution is 2.45. The van der Waals surface area contributed by atoms with Crippen molar-refractivity contribution in [2.45, 2.75) is 46.0 Å². The number of ether oxygens (including phenoxy) is 2. The number of nitrogens with zero attached hydrogens (tertiary/aromatic N) is 1. The summed E-state index contributed by atoms with van der Waals surface area (Å²) in [5, 5.41) is 0.796. The standard InChI is InChI=1S/C53H47Cl2NO4/c1-6-17-41(31-38-30-37-20-15-16-22-48(37)53(38,4)5)56(50-23-14-10-13-21-42(50)35-18-11-9-12-19-35)40-27-24-36(25-28-40)43-33-47(52(58)60-8-3)44(34-46(43)51(57)59-7-2)45-32-39(54)26-29-49(45)55/h6,9-13,15-29,31-34H,1,7-8,14,30H2,2-5H3/b38-31+,41-17+.